The van der Waals surface area contributed by atoms with Gasteiger partial charge in [-0.2, -0.15) is 0 Å². The molecule has 0 aliphatic heterocycles. The molecule has 1 atom stereocenters. The van der Waals surface area contributed by atoms with Gasteiger partial charge in [-0.25, -0.2) is 0 Å². The molecule has 1 aromatic heterocycles. The number of thiophene rings is 1. The lowest BCUT2D eigenvalue weighted by molar-refractivity contribution is 0.522. The van der Waals surface area contributed by atoms with Gasteiger partial charge < -0.3 is 5.32 Å². The third kappa shape index (κ3) is 3.92. The van der Waals surface area contributed by atoms with Crippen molar-refractivity contribution in [1.82, 2.24) is 5.32 Å². The van der Waals surface area contributed by atoms with Crippen molar-refractivity contribution in [2.75, 3.05) is 0 Å². The molecule has 1 unspecified atom stereocenters. The standard InChI is InChI=1S/C14H15Br2NS/c1-2-14(10-3-5-11(15)6-4-10)17-8-13-7-12(16)9-18-13/h3-7,9,14,17H,2,8H2,1H3. The lowest BCUT2D eigenvalue weighted by Gasteiger charge is -2.17. The fourth-order valence-corrected chi connectivity index (χ4v) is 3.53. The van der Waals surface area contributed by atoms with Crippen molar-refractivity contribution in [1.29, 1.82) is 0 Å². The summed E-state index contributed by atoms with van der Waals surface area (Å²) in [6.07, 6.45) is 1.09. The first-order chi connectivity index (χ1) is 8.69. The molecule has 0 saturated carbocycles. The molecule has 96 valence electrons. The second-order valence-corrected chi connectivity index (χ2v) is 6.95. The van der Waals surface area contributed by atoms with E-state index in [4.69, 9.17) is 0 Å². The maximum Gasteiger partial charge on any atom is 0.0320 e. The number of halogens is 2. The van der Waals surface area contributed by atoms with Crippen molar-refractivity contribution in [3.05, 3.63) is 55.1 Å². The molecule has 1 N–H and O–H groups in total. The van der Waals surface area contributed by atoms with Crippen LogP contribution in [0.4, 0.5) is 0 Å². The van der Waals surface area contributed by atoms with Crippen molar-refractivity contribution in [2.45, 2.75) is 25.9 Å². The molecule has 0 aliphatic carbocycles. The Labute approximate surface area is 129 Å². The molecular weight excluding hydrogens is 374 g/mol. The molecule has 4 heteroatoms. The molecular formula is C14H15Br2NS. The third-order valence-corrected chi connectivity index (χ3v) is 5.05. The number of hydrogen-bond donors (Lipinski definition) is 1. The Balaban J connectivity index is 1.99. The molecule has 0 saturated heterocycles. The van der Waals surface area contributed by atoms with Crippen molar-refractivity contribution in [3.8, 4) is 0 Å². The van der Waals surface area contributed by atoms with Gasteiger partial charge in [-0.3, -0.25) is 0 Å². The number of hydrogen-bond acceptors (Lipinski definition) is 2. The van der Waals surface area contributed by atoms with Gasteiger partial charge in [0.15, 0.2) is 0 Å². The van der Waals surface area contributed by atoms with E-state index in [2.05, 4.69) is 79.8 Å². The van der Waals surface area contributed by atoms with Gasteiger partial charge in [-0.05, 0) is 46.1 Å². The average molecular weight is 389 g/mol. The van der Waals surface area contributed by atoms with Crippen LogP contribution in [0.1, 0.15) is 29.8 Å². The maximum atomic E-state index is 3.61. The molecule has 1 heterocycles. The fourth-order valence-electron chi connectivity index (χ4n) is 1.86. The van der Waals surface area contributed by atoms with Crippen LogP contribution in [-0.4, -0.2) is 0 Å². The lowest BCUT2D eigenvalue weighted by Crippen LogP contribution is -2.19. The Kier molecular flexibility index (Phi) is 5.42. The van der Waals surface area contributed by atoms with Crippen LogP contribution in [0.25, 0.3) is 0 Å². The fraction of sp³-hybridized carbons (Fsp3) is 0.286. The monoisotopic (exact) mass is 387 g/mol. The van der Waals surface area contributed by atoms with E-state index in [0.29, 0.717) is 6.04 Å². The Morgan fingerprint density at radius 2 is 1.89 bits per heavy atom. The molecule has 18 heavy (non-hydrogen) atoms. The second-order valence-electron chi connectivity index (χ2n) is 4.12. The highest BCUT2D eigenvalue weighted by molar-refractivity contribution is 9.10. The van der Waals surface area contributed by atoms with Crippen LogP contribution in [0.5, 0.6) is 0 Å². The van der Waals surface area contributed by atoms with Crippen LogP contribution in [0.3, 0.4) is 0 Å². The first kappa shape index (κ1) is 14.3. The third-order valence-electron chi connectivity index (χ3n) is 2.83. The molecule has 0 spiro atoms. The lowest BCUT2D eigenvalue weighted by atomic mass is 10.0. The summed E-state index contributed by atoms with van der Waals surface area (Å²) in [6.45, 7) is 3.13. The summed E-state index contributed by atoms with van der Waals surface area (Å²) in [7, 11) is 0. The quantitative estimate of drug-likeness (QED) is 0.711. The van der Waals surface area contributed by atoms with Crippen molar-refractivity contribution >= 4 is 43.2 Å². The largest absolute Gasteiger partial charge is 0.305 e. The highest BCUT2D eigenvalue weighted by Crippen LogP contribution is 2.23. The number of benzene rings is 1. The Hall–Kier alpha value is -0.160. The van der Waals surface area contributed by atoms with E-state index in [1.54, 1.807) is 11.3 Å². The van der Waals surface area contributed by atoms with Gasteiger partial charge in [0.1, 0.15) is 0 Å². The summed E-state index contributed by atoms with van der Waals surface area (Å²) < 4.78 is 2.30. The van der Waals surface area contributed by atoms with Gasteiger partial charge >= 0.3 is 0 Å². The summed E-state index contributed by atoms with van der Waals surface area (Å²) in [5.74, 6) is 0. The van der Waals surface area contributed by atoms with Gasteiger partial charge in [0.2, 0.25) is 0 Å². The zero-order valence-electron chi connectivity index (χ0n) is 10.1. The van der Waals surface area contributed by atoms with E-state index in [1.165, 1.54) is 14.9 Å². The van der Waals surface area contributed by atoms with Crippen molar-refractivity contribution in [2.24, 2.45) is 0 Å². The molecule has 1 aromatic carbocycles. The molecule has 0 bridgehead atoms. The SMILES string of the molecule is CCC(NCc1cc(Br)cs1)c1ccc(Br)cc1. The second kappa shape index (κ2) is 6.85. The van der Waals surface area contributed by atoms with Gasteiger partial charge in [0.05, 0.1) is 0 Å². The van der Waals surface area contributed by atoms with Crippen LogP contribution in [0, 0.1) is 0 Å². The van der Waals surface area contributed by atoms with E-state index in [1.807, 2.05) is 0 Å². The molecule has 1 nitrogen and oxygen atoms in total. The molecule has 2 aromatic rings. The molecule has 0 fully saturated rings. The van der Waals surface area contributed by atoms with Crippen molar-refractivity contribution < 1.29 is 0 Å². The minimum Gasteiger partial charge on any atom is -0.305 e. The summed E-state index contributed by atoms with van der Waals surface area (Å²) in [5.41, 5.74) is 1.34. The zero-order valence-corrected chi connectivity index (χ0v) is 14.1. The number of rotatable bonds is 5. The van der Waals surface area contributed by atoms with E-state index in [-0.39, 0.29) is 0 Å². The average Bonchev–Trinajstić information content (AvgIpc) is 2.78. The van der Waals surface area contributed by atoms with E-state index in [9.17, 15) is 0 Å². The van der Waals surface area contributed by atoms with E-state index < -0.39 is 0 Å². The van der Waals surface area contributed by atoms with E-state index in [0.717, 1.165) is 17.4 Å². The van der Waals surface area contributed by atoms with Crippen LogP contribution >= 0.6 is 43.2 Å². The highest BCUT2D eigenvalue weighted by atomic mass is 79.9. The molecule has 0 radical (unpaired) electrons. The minimum atomic E-state index is 0.416. The normalized spacial score (nSPS) is 12.6. The summed E-state index contributed by atoms with van der Waals surface area (Å²) in [5, 5.41) is 5.73. The Morgan fingerprint density at radius 1 is 1.17 bits per heavy atom. The predicted molar refractivity (Wildman–Crippen MR) is 86.0 cm³/mol. The first-order valence-corrected chi connectivity index (χ1v) is 8.37. The summed E-state index contributed by atoms with van der Waals surface area (Å²) in [6, 6.07) is 11.1. The Morgan fingerprint density at radius 3 is 2.44 bits per heavy atom. The van der Waals surface area contributed by atoms with Crippen LogP contribution < -0.4 is 5.32 Å². The highest BCUT2D eigenvalue weighted by Gasteiger charge is 2.09. The van der Waals surface area contributed by atoms with Gasteiger partial charge in [0.25, 0.3) is 0 Å². The molecule has 0 aliphatic rings. The first-order valence-electron chi connectivity index (χ1n) is 5.90. The van der Waals surface area contributed by atoms with Crippen LogP contribution in [0.2, 0.25) is 0 Å². The van der Waals surface area contributed by atoms with Crippen LogP contribution in [0.15, 0.2) is 44.7 Å². The smallest absolute Gasteiger partial charge is 0.0320 e. The topological polar surface area (TPSA) is 12.0 Å². The predicted octanol–water partition coefficient (Wildman–Crippen LogP) is 5.51. The number of nitrogens with one attached hydrogen (secondary N) is 1. The van der Waals surface area contributed by atoms with Gasteiger partial charge in [0, 0.05) is 31.8 Å². The summed E-state index contributed by atoms with van der Waals surface area (Å²) in [4.78, 5) is 1.36. The van der Waals surface area contributed by atoms with Gasteiger partial charge in [-0.1, -0.05) is 35.0 Å². The Bertz CT molecular complexity index is 493. The maximum absolute atomic E-state index is 3.61. The summed E-state index contributed by atoms with van der Waals surface area (Å²) >= 11 is 8.74. The van der Waals surface area contributed by atoms with E-state index >= 15 is 0 Å². The molecule has 0 amide bonds. The zero-order chi connectivity index (χ0) is 13.0. The minimum absolute atomic E-state index is 0.416. The van der Waals surface area contributed by atoms with Crippen LogP contribution in [-0.2, 0) is 6.54 Å². The van der Waals surface area contributed by atoms with Crippen molar-refractivity contribution in [3.63, 3.8) is 0 Å². The molecule has 2 rings (SSSR count). The van der Waals surface area contributed by atoms with Gasteiger partial charge in [-0.15, -0.1) is 11.3 Å².